The maximum atomic E-state index is 11.5. The Hall–Kier alpha value is -1.75. The Kier molecular flexibility index (Phi) is 6.15. The molecule has 3 amide bonds. The maximum Gasteiger partial charge on any atom is 0.321 e. The summed E-state index contributed by atoms with van der Waals surface area (Å²) in [5.74, 6) is -0.123. The molecule has 1 rings (SSSR count). The molecule has 1 aromatic carbocycles. The van der Waals surface area contributed by atoms with Crippen molar-refractivity contribution in [2.45, 2.75) is 26.3 Å². The molecule has 0 fully saturated rings. The monoisotopic (exact) mass is 284 g/mol. The molecule has 0 radical (unpaired) electrons. The van der Waals surface area contributed by atoms with Gasteiger partial charge in [0, 0.05) is 6.04 Å². The summed E-state index contributed by atoms with van der Waals surface area (Å²) in [7, 11) is 0. The Morgan fingerprint density at radius 2 is 2.05 bits per heavy atom. The highest BCUT2D eigenvalue weighted by Gasteiger charge is 2.10. The lowest BCUT2D eigenvalue weighted by molar-refractivity contribution is -0.122. The van der Waals surface area contributed by atoms with Gasteiger partial charge in [0.25, 0.3) is 5.91 Å². The molecular formula is C13H17ClN2O3. The third kappa shape index (κ3) is 5.61. The number of imide groups is 1. The number of hydrogen-bond acceptors (Lipinski definition) is 3. The highest BCUT2D eigenvalue weighted by atomic mass is 35.5. The Bertz CT molecular complexity index is 451. The van der Waals surface area contributed by atoms with Gasteiger partial charge in [0.2, 0.25) is 0 Å². The average molecular weight is 285 g/mol. The fourth-order valence-corrected chi connectivity index (χ4v) is 1.42. The van der Waals surface area contributed by atoms with Crippen molar-refractivity contribution < 1.29 is 14.3 Å². The van der Waals surface area contributed by atoms with Crippen LogP contribution in [0.3, 0.4) is 0 Å². The third-order valence-electron chi connectivity index (χ3n) is 2.44. The highest BCUT2D eigenvalue weighted by molar-refractivity contribution is 6.32. The van der Waals surface area contributed by atoms with E-state index in [0.29, 0.717) is 10.8 Å². The Balaban J connectivity index is 2.36. The van der Waals surface area contributed by atoms with Gasteiger partial charge >= 0.3 is 6.03 Å². The van der Waals surface area contributed by atoms with Crippen molar-refractivity contribution >= 4 is 23.5 Å². The van der Waals surface area contributed by atoms with Crippen LogP contribution in [0.15, 0.2) is 24.3 Å². The summed E-state index contributed by atoms with van der Waals surface area (Å²) in [6, 6.07) is 6.29. The van der Waals surface area contributed by atoms with Crippen molar-refractivity contribution in [2.24, 2.45) is 0 Å². The number of hydrogen-bond donors (Lipinski definition) is 2. The first-order valence-corrected chi connectivity index (χ1v) is 6.38. The number of carbonyl (C=O) groups excluding carboxylic acids is 2. The topological polar surface area (TPSA) is 67.4 Å². The van der Waals surface area contributed by atoms with Gasteiger partial charge in [0.15, 0.2) is 6.61 Å². The van der Waals surface area contributed by atoms with Crippen LogP contribution in [-0.2, 0) is 4.79 Å². The summed E-state index contributed by atoms with van der Waals surface area (Å²) < 4.78 is 5.21. The molecule has 104 valence electrons. The van der Waals surface area contributed by atoms with Crippen molar-refractivity contribution in [3.8, 4) is 5.75 Å². The van der Waals surface area contributed by atoms with Gasteiger partial charge in [-0.15, -0.1) is 0 Å². The minimum absolute atomic E-state index is 0.0114. The second-order valence-electron chi connectivity index (χ2n) is 4.05. The predicted molar refractivity (Wildman–Crippen MR) is 73.4 cm³/mol. The van der Waals surface area contributed by atoms with Gasteiger partial charge in [0.05, 0.1) is 5.02 Å². The van der Waals surface area contributed by atoms with Crippen molar-refractivity contribution in [1.82, 2.24) is 10.6 Å². The van der Waals surface area contributed by atoms with Crippen LogP contribution in [0.4, 0.5) is 4.79 Å². The van der Waals surface area contributed by atoms with Crippen LogP contribution in [0.25, 0.3) is 0 Å². The molecule has 0 heterocycles. The Labute approximate surface area is 117 Å². The zero-order chi connectivity index (χ0) is 14.3. The van der Waals surface area contributed by atoms with E-state index in [0.717, 1.165) is 6.42 Å². The van der Waals surface area contributed by atoms with Crippen LogP contribution >= 0.6 is 11.6 Å². The lowest BCUT2D eigenvalue weighted by Crippen LogP contribution is -2.44. The Morgan fingerprint density at radius 3 is 2.68 bits per heavy atom. The number of urea groups is 1. The minimum Gasteiger partial charge on any atom is -0.482 e. The van der Waals surface area contributed by atoms with Gasteiger partial charge in [-0.05, 0) is 25.5 Å². The fourth-order valence-electron chi connectivity index (χ4n) is 1.23. The van der Waals surface area contributed by atoms with E-state index < -0.39 is 11.9 Å². The first kappa shape index (κ1) is 15.3. The largest absolute Gasteiger partial charge is 0.482 e. The van der Waals surface area contributed by atoms with Crippen molar-refractivity contribution in [1.29, 1.82) is 0 Å². The van der Waals surface area contributed by atoms with Crippen molar-refractivity contribution in [2.75, 3.05) is 6.61 Å². The molecule has 0 bridgehead atoms. The van der Waals surface area contributed by atoms with E-state index in [1.807, 2.05) is 13.8 Å². The van der Waals surface area contributed by atoms with E-state index in [1.54, 1.807) is 24.3 Å². The number of ether oxygens (including phenoxy) is 1. The smallest absolute Gasteiger partial charge is 0.321 e. The summed E-state index contributed by atoms with van der Waals surface area (Å²) in [6.45, 7) is 3.52. The molecule has 0 aliphatic rings. The molecule has 0 aliphatic carbocycles. The number of amides is 3. The standard InChI is InChI=1S/C13H17ClN2O3/c1-3-9(2)15-13(18)16-12(17)8-19-11-7-5-4-6-10(11)14/h4-7,9H,3,8H2,1-2H3,(H2,15,16,17,18)/t9-/m1/s1. The summed E-state index contributed by atoms with van der Waals surface area (Å²) in [5.41, 5.74) is 0. The molecule has 0 spiro atoms. The van der Waals surface area contributed by atoms with E-state index in [2.05, 4.69) is 10.6 Å². The normalized spacial score (nSPS) is 11.5. The van der Waals surface area contributed by atoms with Gasteiger partial charge < -0.3 is 10.1 Å². The van der Waals surface area contributed by atoms with Gasteiger partial charge in [-0.25, -0.2) is 4.79 Å². The second kappa shape index (κ2) is 7.63. The molecule has 1 aromatic rings. The molecule has 0 saturated heterocycles. The number of benzene rings is 1. The van der Waals surface area contributed by atoms with Crippen LogP contribution in [0.2, 0.25) is 5.02 Å². The zero-order valence-corrected chi connectivity index (χ0v) is 11.7. The molecule has 0 saturated carbocycles. The number of nitrogens with one attached hydrogen (secondary N) is 2. The molecule has 19 heavy (non-hydrogen) atoms. The van der Waals surface area contributed by atoms with E-state index in [9.17, 15) is 9.59 Å². The van der Waals surface area contributed by atoms with E-state index in [4.69, 9.17) is 16.3 Å². The van der Waals surface area contributed by atoms with E-state index >= 15 is 0 Å². The molecule has 5 nitrogen and oxygen atoms in total. The summed E-state index contributed by atoms with van der Waals surface area (Å²) >= 11 is 5.87. The quantitative estimate of drug-likeness (QED) is 0.872. The first-order valence-electron chi connectivity index (χ1n) is 6.00. The Morgan fingerprint density at radius 1 is 1.37 bits per heavy atom. The fraction of sp³-hybridized carbons (Fsp3) is 0.385. The SMILES string of the molecule is CC[C@@H](C)NC(=O)NC(=O)COc1ccccc1Cl. The number of rotatable bonds is 5. The van der Waals surface area contributed by atoms with Crippen molar-refractivity contribution in [3.63, 3.8) is 0 Å². The highest BCUT2D eigenvalue weighted by Crippen LogP contribution is 2.22. The van der Waals surface area contributed by atoms with E-state index in [1.165, 1.54) is 0 Å². The van der Waals surface area contributed by atoms with Gasteiger partial charge in [-0.1, -0.05) is 30.7 Å². The van der Waals surface area contributed by atoms with Crippen LogP contribution in [-0.4, -0.2) is 24.6 Å². The molecule has 6 heteroatoms. The number of para-hydroxylation sites is 1. The van der Waals surface area contributed by atoms with E-state index in [-0.39, 0.29) is 12.6 Å². The zero-order valence-electron chi connectivity index (χ0n) is 10.9. The number of halogens is 1. The van der Waals surface area contributed by atoms with Gasteiger partial charge in [-0.3, -0.25) is 10.1 Å². The molecule has 2 N–H and O–H groups in total. The molecule has 0 aliphatic heterocycles. The lowest BCUT2D eigenvalue weighted by atomic mass is 10.3. The summed E-state index contributed by atoms with van der Waals surface area (Å²) in [5, 5.41) is 5.21. The third-order valence-corrected chi connectivity index (χ3v) is 2.75. The van der Waals surface area contributed by atoms with Gasteiger partial charge in [-0.2, -0.15) is 0 Å². The van der Waals surface area contributed by atoms with Crippen LogP contribution in [0.5, 0.6) is 5.75 Å². The average Bonchev–Trinajstić information content (AvgIpc) is 2.37. The summed E-state index contributed by atoms with van der Waals surface area (Å²) in [4.78, 5) is 22.8. The summed E-state index contributed by atoms with van der Waals surface area (Å²) in [6.07, 6.45) is 0.789. The second-order valence-corrected chi connectivity index (χ2v) is 4.46. The molecule has 0 unspecified atom stereocenters. The molecule has 0 aromatic heterocycles. The number of carbonyl (C=O) groups is 2. The van der Waals surface area contributed by atoms with Crippen LogP contribution in [0.1, 0.15) is 20.3 Å². The van der Waals surface area contributed by atoms with Crippen molar-refractivity contribution in [3.05, 3.63) is 29.3 Å². The minimum atomic E-state index is -0.527. The first-order chi connectivity index (χ1) is 9.02. The lowest BCUT2D eigenvalue weighted by Gasteiger charge is -2.12. The molecule has 1 atom stereocenters. The van der Waals surface area contributed by atoms with Gasteiger partial charge in [0.1, 0.15) is 5.75 Å². The molecular weight excluding hydrogens is 268 g/mol. The van der Waals surface area contributed by atoms with Crippen LogP contribution < -0.4 is 15.4 Å². The predicted octanol–water partition coefficient (Wildman–Crippen LogP) is 2.34. The maximum absolute atomic E-state index is 11.5. The van der Waals surface area contributed by atoms with Crippen LogP contribution in [0, 0.1) is 0 Å².